The van der Waals surface area contributed by atoms with E-state index in [1.807, 2.05) is 16.8 Å². The van der Waals surface area contributed by atoms with Crippen molar-refractivity contribution in [2.24, 2.45) is 0 Å². The molecule has 0 aliphatic carbocycles. The molecule has 2 heterocycles. The predicted molar refractivity (Wildman–Crippen MR) is 113 cm³/mol. The maximum Gasteiger partial charge on any atom is 0.246 e. The third-order valence-corrected chi connectivity index (χ3v) is 7.38. The second kappa shape index (κ2) is 8.44. The predicted octanol–water partition coefficient (Wildman–Crippen LogP) is 3.59. The van der Waals surface area contributed by atoms with Crippen molar-refractivity contribution in [3.05, 3.63) is 71.6 Å². The Balaban J connectivity index is 1.92. The standard InChI is InChI=1S/C22H22F2N2O5S/c1-29-18-11-14(12-19(30-2)22(18)31-3)21-17-5-4-8-25(17)9-10-26(21)32(27,28)20-7-6-15(23)13-16(20)24/h4-8,11-13,21H,9-10H2,1-3H3/t21-/m1/s1. The average Bonchev–Trinajstić information content (AvgIpc) is 3.26. The van der Waals surface area contributed by atoms with Crippen LogP contribution in [0.1, 0.15) is 17.3 Å². The van der Waals surface area contributed by atoms with Crippen molar-refractivity contribution in [1.29, 1.82) is 0 Å². The van der Waals surface area contributed by atoms with E-state index in [-0.39, 0.29) is 6.54 Å². The second-order valence-electron chi connectivity index (χ2n) is 7.18. The van der Waals surface area contributed by atoms with Crippen LogP contribution in [0.2, 0.25) is 0 Å². The molecule has 1 aliphatic heterocycles. The molecule has 0 radical (unpaired) electrons. The van der Waals surface area contributed by atoms with Gasteiger partial charge in [-0.1, -0.05) is 0 Å². The minimum absolute atomic E-state index is 0.0855. The summed E-state index contributed by atoms with van der Waals surface area (Å²) in [6.07, 6.45) is 1.85. The Morgan fingerprint density at radius 3 is 2.22 bits per heavy atom. The van der Waals surface area contributed by atoms with Crippen molar-refractivity contribution in [3.63, 3.8) is 0 Å². The van der Waals surface area contributed by atoms with Crippen LogP contribution in [0.4, 0.5) is 8.78 Å². The minimum Gasteiger partial charge on any atom is -0.493 e. The lowest BCUT2D eigenvalue weighted by atomic mass is 10.0. The fourth-order valence-electron chi connectivity index (χ4n) is 4.03. The number of hydrogen-bond acceptors (Lipinski definition) is 5. The van der Waals surface area contributed by atoms with E-state index in [1.165, 1.54) is 25.6 Å². The molecule has 2 aromatic carbocycles. The Morgan fingerprint density at radius 1 is 0.938 bits per heavy atom. The number of halogens is 2. The van der Waals surface area contributed by atoms with Crippen LogP contribution >= 0.6 is 0 Å². The van der Waals surface area contributed by atoms with Crippen molar-refractivity contribution in [3.8, 4) is 17.2 Å². The summed E-state index contributed by atoms with van der Waals surface area (Å²) in [5.74, 6) is -0.916. The molecule has 10 heteroatoms. The number of rotatable bonds is 6. The van der Waals surface area contributed by atoms with Crippen LogP contribution in [0, 0.1) is 11.6 Å². The van der Waals surface area contributed by atoms with Crippen LogP contribution in [-0.2, 0) is 16.6 Å². The Morgan fingerprint density at radius 2 is 1.62 bits per heavy atom. The molecule has 3 aromatic rings. The fraction of sp³-hybridized carbons (Fsp3) is 0.273. The number of aromatic nitrogens is 1. The summed E-state index contributed by atoms with van der Waals surface area (Å²) < 4.78 is 74.4. The lowest BCUT2D eigenvalue weighted by Gasteiger charge is -2.36. The van der Waals surface area contributed by atoms with E-state index in [9.17, 15) is 17.2 Å². The quantitative estimate of drug-likeness (QED) is 0.558. The van der Waals surface area contributed by atoms with Gasteiger partial charge in [0.25, 0.3) is 0 Å². The van der Waals surface area contributed by atoms with Gasteiger partial charge in [-0.3, -0.25) is 0 Å². The highest BCUT2D eigenvalue weighted by Crippen LogP contribution is 2.44. The molecule has 0 saturated heterocycles. The number of hydrogen-bond donors (Lipinski definition) is 0. The van der Waals surface area contributed by atoms with E-state index in [1.54, 1.807) is 18.2 Å². The van der Waals surface area contributed by atoms with Crippen molar-refractivity contribution >= 4 is 10.0 Å². The highest BCUT2D eigenvalue weighted by atomic mass is 32.2. The zero-order valence-corrected chi connectivity index (χ0v) is 18.5. The first kappa shape index (κ1) is 22.1. The van der Waals surface area contributed by atoms with Gasteiger partial charge in [-0.15, -0.1) is 0 Å². The van der Waals surface area contributed by atoms with Crippen LogP contribution in [0.5, 0.6) is 17.2 Å². The lowest BCUT2D eigenvalue weighted by Crippen LogP contribution is -2.42. The maximum absolute atomic E-state index is 14.5. The molecule has 4 rings (SSSR count). The van der Waals surface area contributed by atoms with E-state index >= 15 is 0 Å². The molecule has 0 unspecified atom stereocenters. The van der Waals surface area contributed by atoms with Gasteiger partial charge in [0.2, 0.25) is 15.8 Å². The van der Waals surface area contributed by atoms with Gasteiger partial charge in [-0.05, 0) is 42.0 Å². The highest BCUT2D eigenvalue weighted by Gasteiger charge is 2.39. The van der Waals surface area contributed by atoms with Crippen molar-refractivity contribution in [2.45, 2.75) is 17.5 Å². The van der Waals surface area contributed by atoms with Gasteiger partial charge in [0, 0.05) is 31.0 Å². The van der Waals surface area contributed by atoms with Crippen LogP contribution in [0.3, 0.4) is 0 Å². The average molecular weight is 464 g/mol. The number of fused-ring (bicyclic) bond motifs is 1. The van der Waals surface area contributed by atoms with Crippen molar-refractivity contribution in [1.82, 2.24) is 8.87 Å². The van der Waals surface area contributed by atoms with Gasteiger partial charge in [0.15, 0.2) is 11.5 Å². The molecule has 0 spiro atoms. The molecular weight excluding hydrogens is 442 g/mol. The molecular formula is C22H22F2N2O5S. The number of nitrogens with zero attached hydrogens (tertiary/aromatic N) is 2. The number of ether oxygens (including phenoxy) is 3. The topological polar surface area (TPSA) is 70.0 Å². The minimum atomic E-state index is -4.32. The normalized spacial score (nSPS) is 16.5. The lowest BCUT2D eigenvalue weighted by molar-refractivity contribution is 0.292. The summed E-state index contributed by atoms with van der Waals surface area (Å²) in [6, 6.07) is 8.58. The van der Waals surface area contributed by atoms with E-state index in [4.69, 9.17) is 14.2 Å². The molecule has 1 atom stereocenters. The largest absolute Gasteiger partial charge is 0.493 e. The molecule has 0 bridgehead atoms. The van der Waals surface area contributed by atoms with E-state index < -0.39 is 32.6 Å². The Bertz CT molecular complexity index is 1230. The fourth-order valence-corrected chi connectivity index (χ4v) is 5.66. The van der Waals surface area contributed by atoms with E-state index in [0.29, 0.717) is 41.1 Å². The monoisotopic (exact) mass is 464 g/mol. The molecule has 0 amide bonds. The number of benzene rings is 2. The summed E-state index contributed by atoms with van der Waals surface area (Å²) in [4.78, 5) is -0.587. The zero-order valence-electron chi connectivity index (χ0n) is 17.7. The molecule has 1 aromatic heterocycles. The van der Waals surface area contributed by atoms with Crippen LogP contribution in [0.25, 0.3) is 0 Å². The summed E-state index contributed by atoms with van der Waals surface area (Å²) in [5, 5.41) is 0. The molecule has 170 valence electrons. The number of methoxy groups -OCH3 is 3. The first-order valence-corrected chi connectivity index (χ1v) is 11.2. The summed E-state index contributed by atoms with van der Waals surface area (Å²) in [6.45, 7) is 0.466. The highest BCUT2D eigenvalue weighted by molar-refractivity contribution is 7.89. The number of sulfonamides is 1. The van der Waals surface area contributed by atoms with Crippen LogP contribution in [0.15, 0.2) is 53.6 Å². The van der Waals surface area contributed by atoms with Crippen LogP contribution in [-0.4, -0.2) is 45.2 Å². The third kappa shape index (κ3) is 3.59. The summed E-state index contributed by atoms with van der Waals surface area (Å²) in [7, 11) is 0.0860. The Kier molecular flexibility index (Phi) is 5.83. The smallest absolute Gasteiger partial charge is 0.246 e. The third-order valence-electron chi connectivity index (χ3n) is 5.48. The first-order valence-electron chi connectivity index (χ1n) is 9.73. The van der Waals surface area contributed by atoms with E-state index in [0.717, 1.165) is 12.1 Å². The molecule has 0 N–H and O–H groups in total. The van der Waals surface area contributed by atoms with Gasteiger partial charge in [-0.2, -0.15) is 4.31 Å². The molecule has 32 heavy (non-hydrogen) atoms. The van der Waals surface area contributed by atoms with Gasteiger partial charge >= 0.3 is 0 Å². The van der Waals surface area contributed by atoms with Gasteiger partial charge in [0.1, 0.15) is 16.5 Å². The first-order chi connectivity index (χ1) is 15.3. The van der Waals surface area contributed by atoms with Crippen molar-refractivity contribution in [2.75, 3.05) is 27.9 Å². The maximum atomic E-state index is 14.5. The van der Waals surface area contributed by atoms with E-state index in [2.05, 4.69) is 0 Å². The van der Waals surface area contributed by atoms with Gasteiger partial charge in [-0.25, -0.2) is 17.2 Å². The van der Waals surface area contributed by atoms with Gasteiger partial charge in [0.05, 0.1) is 27.4 Å². The Hall–Kier alpha value is -3.11. The van der Waals surface area contributed by atoms with Crippen molar-refractivity contribution < 1.29 is 31.4 Å². The summed E-state index contributed by atoms with van der Waals surface area (Å²) >= 11 is 0. The molecule has 0 saturated carbocycles. The SMILES string of the molecule is COc1cc([C@@H]2c3cccn3CCN2S(=O)(=O)c2ccc(F)cc2F)cc(OC)c1OC. The molecule has 7 nitrogen and oxygen atoms in total. The molecule has 1 aliphatic rings. The summed E-state index contributed by atoms with van der Waals surface area (Å²) in [5.41, 5.74) is 1.24. The molecule has 0 fully saturated rings. The zero-order chi connectivity index (χ0) is 23.0. The Labute approximate surface area is 184 Å². The second-order valence-corrected chi connectivity index (χ2v) is 9.04. The van der Waals surface area contributed by atoms with Crippen LogP contribution < -0.4 is 14.2 Å². The van der Waals surface area contributed by atoms with Gasteiger partial charge < -0.3 is 18.8 Å².